The molecule has 0 saturated heterocycles. The van der Waals surface area contributed by atoms with Crippen molar-refractivity contribution in [3.8, 4) is 0 Å². The van der Waals surface area contributed by atoms with E-state index in [1.54, 1.807) is 12.1 Å². The maximum Gasteiger partial charge on any atom is 0.306 e. The number of rotatable bonds is 7. The Morgan fingerprint density at radius 1 is 1.22 bits per heavy atom. The van der Waals surface area contributed by atoms with Gasteiger partial charge in [-0.3, -0.25) is 9.59 Å². The second-order valence-corrected chi connectivity index (χ2v) is 7.32. The summed E-state index contributed by atoms with van der Waals surface area (Å²) in [6.45, 7) is 5.48. The maximum atomic E-state index is 13.1. The summed E-state index contributed by atoms with van der Waals surface area (Å²) in [5.74, 6) is -0.204. The standard InChI is InChI=1S/C19H25FO3/c1-19(2,3)23-18(22)12-15(8-11-17(21)14-4-5-14)13-6-9-16(20)10-7-13/h6-7,9-10,14-15H,4-5,8,11-12H2,1-3H3/t15-/m1/s1. The molecule has 1 aliphatic rings. The first-order chi connectivity index (χ1) is 10.7. The molecular formula is C19H25FO3. The van der Waals surface area contributed by atoms with E-state index in [0.29, 0.717) is 12.8 Å². The minimum atomic E-state index is -0.533. The van der Waals surface area contributed by atoms with Crippen LogP contribution in [0.4, 0.5) is 4.39 Å². The van der Waals surface area contributed by atoms with Gasteiger partial charge in [0.1, 0.15) is 17.2 Å². The van der Waals surface area contributed by atoms with Gasteiger partial charge in [0.2, 0.25) is 0 Å². The van der Waals surface area contributed by atoms with Gasteiger partial charge in [-0.1, -0.05) is 12.1 Å². The number of hydrogen-bond acceptors (Lipinski definition) is 3. The molecule has 23 heavy (non-hydrogen) atoms. The fraction of sp³-hybridized carbons (Fsp3) is 0.579. The highest BCUT2D eigenvalue weighted by Gasteiger charge is 2.30. The SMILES string of the molecule is CC(C)(C)OC(=O)C[C@@H](CCC(=O)C1CC1)c1ccc(F)cc1. The first kappa shape index (κ1) is 17.6. The maximum absolute atomic E-state index is 13.1. The Morgan fingerprint density at radius 2 is 1.83 bits per heavy atom. The van der Waals surface area contributed by atoms with Crippen molar-refractivity contribution in [1.29, 1.82) is 0 Å². The van der Waals surface area contributed by atoms with Crippen molar-refractivity contribution in [1.82, 2.24) is 0 Å². The molecule has 0 spiro atoms. The quantitative estimate of drug-likeness (QED) is 0.699. The van der Waals surface area contributed by atoms with Crippen LogP contribution in [0.5, 0.6) is 0 Å². The molecule has 0 aromatic heterocycles. The van der Waals surface area contributed by atoms with Crippen molar-refractivity contribution in [3.63, 3.8) is 0 Å². The Morgan fingerprint density at radius 3 is 2.35 bits per heavy atom. The Hall–Kier alpha value is -1.71. The van der Waals surface area contributed by atoms with Crippen LogP contribution in [0, 0.1) is 11.7 Å². The van der Waals surface area contributed by atoms with Gasteiger partial charge in [-0.2, -0.15) is 0 Å². The van der Waals surface area contributed by atoms with E-state index in [-0.39, 0.29) is 35.8 Å². The van der Waals surface area contributed by atoms with E-state index in [1.165, 1.54) is 12.1 Å². The van der Waals surface area contributed by atoms with Crippen molar-refractivity contribution in [2.24, 2.45) is 5.92 Å². The van der Waals surface area contributed by atoms with Crippen molar-refractivity contribution < 1.29 is 18.7 Å². The minimum Gasteiger partial charge on any atom is -0.460 e. The first-order valence-electron chi connectivity index (χ1n) is 8.24. The monoisotopic (exact) mass is 320 g/mol. The summed E-state index contributed by atoms with van der Waals surface area (Å²) in [7, 11) is 0. The van der Waals surface area contributed by atoms with E-state index in [9.17, 15) is 14.0 Å². The second kappa shape index (κ2) is 7.24. The van der Waals surface area contributed by atoms with Crippen LogP contribution in [-0.4, -0.2) is 17.4 Å². The molecule has 1 aromatic carbocycles. The molecule has 1 aromatic rings. The van der Waals surface area contributed by atoms with Gasteiger partial charge in [0.25, 0.3) is 0 Å². The molecule has 126 valence electrons. The normalized spacial score (nSPS) is 16.0. The molecule has 1 atom stereocenters. The zero-order chi connectivity index (χ0) is 17.0. The van der Waals surface area contributed by atoms with E-state index < -0.39 is 5.60 Å². The largest absolute Gasteiger partial charge is 0.460 e. The first-order valence-corrected chi connectivity index (χ1v) is 8.24. The molecule has 0 heterocycles. The lowest BCUT2D eigenvalue weighted by Crippen LogP contribution is -2.25. The van der Waals surface area contributed by atoms with Crippen molar-refractivity contribution in [2.45, 2.75) is 64.4 Å². The predicted molar refractivity (Wildman–Crippen MR) is 86.6 cm³/mol. The van der Waals surface area contributed by atoms with E-state index in [2.05, 4.69) is 0 Å². The fourth-order valence-electron chi connectivity index (χ4n) is 2.63. The van der Waals surface area contributed by atoms with E-state index >= 15 is 0 Å². The molecular weight excluding hydrogens is 295 g/mol. The lowest BCUT2D eigenvalue weighted by Gasteiger charge is -2.22. The Bertz CT molecular complexity index is 553. The number of benzene rings is 1. The third kappa shape index (κ3) is 6.12. The van der Waals surface area contributed by atoms with Gasteiger partial charge >= 0.3 is 5.97 Å². The average Bonchev–Trinajstić information content (AvgIpc) is 3.26. The van der Waals surface area contributed by atoms with Gasteiger partial charge < -0.3 is 4.74 Å². The summed E-state index contributed by atoms with van der Waals surface area (Å²) in [6, 6.07) is 6.15. The second-order valence-electron chi connectivity index (χ2n) is 7.32. The summed E-state index contributed by atoms with van der Waals surface area (Å²) < 4.78 is 18.5. The summed E-state index contributed by atoms with van der Waals surface area (Å²) in [5, 5.41) is 0. The molecule has 0 aliphatic heterocycles. The molecule has 0 amide bonds. The highest BCUT2D eigenvalue weighted by molar-refractivity contribution is 5.83. The third-order valence-corrected chi connectivity index (χ3v) is 3.95. The summed E-state index contributed by atoms with van der Waals surface area (Å²) >= 11 is 0. The molecule has 0 N–H and O–H groups in total. The molecule has 3 nitrogen and oxygen atoms in total. The molecule has 0 radical (unpaired) electrons. The van der Waals surface area contributed by atoms with Crippen molar-refractivity contribution in [2.75, 3.05) is 0 Å². The van der Waals surface area contributed by atoms with Crippen LogP contribution < -0.4 is 0 Å². The number of ether oxygens (including phenoxy) is 1. The minimum absolute atomic E-state index is 0.117. The number of carbonyl (C=O) groups excluding carboxylic acids is 2. The zero-order valence-corrected chi connectivity index (χ0v) is 14.1. The van der Waals surface area contributed by atoms with Crippen LogP contribution >= 0.6 is 0 Å². The number of ketones is 1. The van der Waals surface area contributed by atoms with Gasteiger partial charge in [-0.15, -0.1) is 0 Å². The number of halogens is 1. The smallest absolute Gasteiger partial charge is 0.306 e. The van der Waals surface area contributed by atoms with E-state index in [1.807, 2.05) is 20.8 Å². The van der Waals surface area contributed by atoms with E-state index in [0.717, 1.165) is 18.4 Å². The number of Topliss-reactive ketones (excluding diaryl/α,β-unsaturated/α-hetero) is 1. The fourth-order valence-corrected chi connectivity index (χ4v) is 2.63. The van der Waals surface area contributed by atoms with Crippen molar-refractivity contribution in [3.05, 3.63) is 35.6 Å². The topological polar surface area (TPSA) is 43.4 Å². The van der Waals surface area contributed by atoms with Gasteiger partial charge in [0.15, 0.2) is 0 Å². The van der Waals surface area contributed by atoms with Gasteiger partial charge in [0, 0.05) is 12.3 Å². The molecule has 1 saturated carbocycles. The highest BCUT2D eigenvalue weighted by atomic mass is 19.1. The van der Waals surface area contributed by atoms with Crippen LogP contribution in [0.3, 0.4) is 0 Å². The molecule has 0 bridgehead atoms. The lowest BCUT2D eigenvalue weighted by molar-refractivity contribution is -0.155. The summed E-state index contributed by atoms with van der Waals surface area (Å²) in [5.41, 5.74) is 0.342. The zero-order valence-electron chi connectivity index (χ0n) is 14.1. The van der Waals surface area contributed by atoms with Crippen LogP contribution in [0.2, 0.25) is 0 Å². The van der Waals surface area contributed by atoms with Crippen LogP contribution in [0.1, 0.15) is 64.4 Å². The average molecular weight is 320 g/mol. The highest BCUT2D eigenvalue weighted by Crippen LogP contribution is 2.34. The van der Waals surface area contributed by atoms with Crippen LogP contribution in [-0.2, 0) is 14.3 Å². The molecule has 2 rings (SSSR count). The molecule has 1 fully saturated rings. The predicted octanol–water partition coefficient (Wildman–Crippen LogP) is 4.40. The van der Waals surface area contributed by atoms with E-state index in [4.69, 9.17) is 4.74 Å². The molecule has 4 heteroatoms. The van der Waals surface area contributed by atoms with Gasteiger partial charge in [-0.05, 0) is 63.6 Å². The number of hydrogen-bond donors (Lipinski definition) is 0. The molecule has 0 unspecified atom stereocenters. The summed E-state index contributed by atoms with van der Waals surface area (Å²) in [4.78, 5) is 24.1. The van der Waals surface area contributed by atoms with Crippen LogP contribution in [0.15, 0.2) is 24.3 Å². The van der Waals surface area contributed by atoms with Crippen molar-refractivity contribution >= 4 is 11.8 Å². The Labute approximate surface area is 137 Å². The third-order valence-electron chi connectivity index (χ3n) is 3.95. The lowest BCUT2D eigenvalue weighted by atomic mass is 9.90. The number of carbonyl (C=O) groups is 2. The Kier molecular flexibility index (Phi) is 5.55. The summed E-state index contributed by atoms with van der Waals surface area (Å²) in [6.07, 6.45) is 3.26. The number of esters is 1. The molecule has 1 aliphatic carbocycles. The van der Waals surface area contributed by atoms with Crippen LogP contribution in [0.25, 0.3) is 0 Å². The Balaban J connectivity index is 2.02. The van der Waals surface area contributed by atoms with Gasteiger partial charge in [-0.25, -0.2) is 4.39 Å². The van der Waals surface area contributed by atoms with Gasteiger partial charge in [0.05, 0.1) is 6.42 Å².